The third-order valence-corrected chi connectivity index (χ3v) is 5.88. The number of rotatable bonds is 5. The van der Waals surface area contributed by atoms with Crippen LogP contribution in [0.1, 0.15) is 31.2 Å². The Bertz CT molecular complexity index is 940. The van der Waals surface area contributed by atoms with Crippen molar-refractivity contribution in [1.82, 2.24) is 9.88 Å². The van der Waals surface area contributed by atoms with Crippen LogP contribution < -0.4 is 10.1 Å². The fraction of sp³-hybridized carbons (Fsp3) is 0.348. The average molecular weight is 377 g/mol. The molecule has 0 spiro atoms. The highest BCUT2D eigenvalue weighted by Gasteiger charge is 2.28. The third-order valence-electron chi connectivity index (χ3n) is 5.88. The van der Waals surface area contributed by atoms with E-state index in [1.807, 2.05) is 31.2 Å². The predicted octanol–water partition coefficient (Wildman–Crippen LogP) is 4.38. The summed E-state index contributed by atoms with van der Waals surface area (Å²) in [6, 6.07) is 15.8. The summed E-state index contributed by atoms with van der Waals surface area (Å²) in [6.45, 7) is 3.85. The van der Waals surface area contributed by atoms with E-state index in [4.69, 9.17) is 4.74 Å². The quantitative estimate of drug-likeness (QED) is 0.694. The lowest BCUT2D eigenvalue weighted by molar-refractivity contribution is -0.121. The number of nitrogens with one attached hydrogen (secondary N) is 2. The van der Waals surface area contributed by atoms with Gasteiger partial charge in [0, 0.05) is 22.8 Å². The number of carbonyl (C=O) groups is 1. The maximum atomic E-state index is 12.7. The number of para-hydroxylation sites is 1. The van der Waals surface area contributed by atoms with Crippen molar-refractivity contribution < 1.29 is 9.53 Å². The van der Waals surface area contributed by atoms with Gasteiger partial charge in [-0.15, -0.1) is 0 Å². The van der Waals surface area contributed by atoms with Crippen LogP contribution in [0.5, 0.6) is 5.75 Å². The Balaban J connectivity index is 1.35. The van der Waals surface area contributed by atoms with Gasteiger partial charge in [-0.05, 0) is 74.7 Å². The Kier molecular flexibility index (Phi) is 5.35. The van der Waals surface area contributed by atoms with Crippen LogP contribution in [-0.2, 0) is 4.79 Å². The summed E-state index contributed by atoms with van der Waals surface area (Å²) in [5.74, 6) is 1.37. The molecule has 0 unspecified atom stereocenters. The molecule has 5 nitrogen and oxygen atoms in total. The molecular weight excluding hydrogens is 350 g/mol. The molecule has 0 radical (unpaired) electrons. The Morgan fingerprint density at radius 1 is 1.14 bits per heavy atom. The molecule has 0 aliphatic carbocycles. The zero-order valence-corrected chi connectivity index (χ0v) is 16.4. The van der Waals surface area contributed by atoms with Crippen LogP contribution in [0.4, 0.5) is 5.69 Å². The van der Waals surface area contributed by atoms with Gasteiger partial charge in [0.2, 0.25) is 5.91 Å². The monoisotopic (exact) mass is 377 g/mol. The van der Waals surface area contributed by atoms with Crippen molar-refractivity contribution in [2.75, 3.05) is 25.5 Å². The number of piperidine rings is 1. The first-order valence-electron chi connectivity index (χ1n) is 9.90. The van der Waals surface area contributed by atoms with E-state index in [9.17, 15) is 4.79 Å². The van der Waals surface area contributed by atoms with Gasteiger partial charge >= 0.3 is 0 Å². The number of fused-ring (bicyclic) bond motifs is 1. The number of hydrogen-bond acceptors (Lipinski definition) is 3. The van der Waals surface area contributed by atoms with E-state index in [2.05, 4.69) is 45.7 Å². The van der Waals surface area contributed by atoms with Crippen LogP contribution in [0, 0.1) is 0 Å². The normalized spacial score (nSPS) is 16.8. The van der Waals surface area contributed by atoms with Crippen molar-refractivity contribution in [2.24, 2.45) is 0 Å². The first-order valence-corrected chi connectivity index (χ1v) is 9.90. The minimum Gasteiger partial charge on any atom is -0.497 e. The molecule has 1 aromatic heterocycles. The number of hydrogen-bond donors (Lipinski definition) is 2. The minimum absolute atomic E-state index is 0.0377. The Morgan fingerprint density at radius 3 is 2.57 bits per heavy atom. The standard InChI is InChI=1S/C23H27N3O2/c1-16(23(27)25-18-7-9-19(28-2)10-8-18)26-13-11-17(12-14-26)21-15-24-22-6-4-3-5-20(21)22/h3-10,15-17,24H,11-14H2,1-2H3,(H,25,27)/t16-/m0/s1. The second-order valence-corrected chi connectivity index (χ2v) is 7.49. The maximum Gasteiger partial charge on any atom is 0.241 e. The molecule has 0 saturated carbocycles. The molecule has 0 bridgehead atoms. The molecule has 4 rings (SSSR count). The lowest BCUT2D eigenvalue weighted by atomic mass is 9.88. The number of methoxy groups -OCH3 is 1. The van der Waals surface area contributed by atoms with Gasteiger partial charge in [0.25, 0.3) is 0 Å². The van der Waals surface area contributed by atoms with Crippen molar-refractivity contribution in [1.29, 1.82) is 0 Å². The van der Waals surface area contributed by atoms with E-state index in [1.54, 1.807) is 7.11 Å². The van der Waals surface area contributed by atoms with Crippen molar-refractivity contribution in [3.63, 3.8) is 0 Å². The first kappa shape index (κ1) is 18.6. The number of nitrogens with zero attached hydrogens (tertiary/aromatic N) is 1. The van der Waals surface area contributed by atoms with Gasteiger partial charge in [-0.1, -0.05) is 18.2 Å². The van der Waals surface area contributed by atoms with Crippen molar-refractivity contribution >= 4 is 22.5 Å². The summed E-state index contributed by atoms with van der Waals surface area (Å²) in [6.07, 6.45) is 4.30. The summed E-state index contributed by atoms with van der Waals surface area (Å²) < 4.78 is 5.16. The Morgan fingerprint density at radius 2 is 1.86 bits per heavy atom. The van der Waals surface area contributed by atoms with E-state index in [0.29, 0.717) is 5.92 Å². The van der Waals surface area contributed by atoms with Crippen LogP contribution in [0.15, 0.2) is 54.7 Å². The zero-order chi connectivity index (χ0) is 19.5. The molecule has 1 fully saturated rings. The van der Waals surface area contributed by atoms with Gasteiger partial charge in [-0.2, -0.15) is 0 Å². The van der Waals surface area contributed by atoms with Crippen LogP contribution in [0.2, 0.25) is 0 Å². The fourth-order valence-corrected chi connectivity index (χ4v) is 4.12. The van der Waals surface area contributed by atoms with Crippen LogP contribution in [-0.4, -0.2) is 42.0 Å². The second-order valence-electron chi connectivity index (χ2n) is 7.49. The molecule has 5 heteroatoms. The molecule has 3 aromatic rings. The number of amides is 1. The Labute approximate surface area is 165 Å². The number of anilines is 1. The topological polar surface area (TPSA) is 57.4 Å². The molecule has 1 saturated heterocycles. The second kappa shape index (κ2) is 8.07. The predicted molar refractivity (Wildman–Crippen MR) is 113 cm³/mol. The highest BCUT2D eigenvalue weighted by atomic mass is 16.5. The maximum absolute atomic E-state index is 12.7. The molecule has 146 valence electrons. The SMILES string of the molecule is COc1ccc(NC(=O)[C@H](C)N2CCC(c3c[nH]c4ccccc34)CC2)cc1. The number of aromatic nitrogens is 1. The van der Waals surface area contributed by atoms with Gasteiger partial charge < -0.3 is 15.0 Å². The lowest BCUT2D eigenvalue weighted by Crippen LogP contribution is -2.45. The van der Waals surface area contributed by atoms with Gasteiger partial charge in [-0.25, -0.2) is 0 Å². The molecule has 2 aromatic carbocycles. The van der Waals surface area contributed by atoms with Crippen molar-refractivity contribution in [3.8, 4) is 5.75 Å². The highest BCUT2D eigenvalue weighted by Crippen LogP contribution is 2.33. The number of aromatic amines is 1. The number of benzene rings is 2. The first-order chi connectivity index (χ1) is 13.7. The summed E-state index contributed by atoms with van der Waals surface area (Å²) in [5.41, 5.74) is 3.41. The summed E-state index contributed by atoms with van der Waals surface area (Å²) >= 11 is 0. The molecule has 1 amide bonds. The smallest absolute Gasteiger partial charge is 0.241 e. The molecule has 28 heavy (non-hydrogen) atoms. The molecule has 2 N–H and O–H groups in total. The summed E-state index contributed by atoms with van der Waals surface area (Å²) in [7, 11) is 1.63. The summed E-state index contributed by atoms with van der Waals surface area (Å²) in [4.78, 5) is 18.3. The summed E-state index contributed by atoms with van der Waals surface area (Å²) in [5, 5.41) is 4.34. The fourth-order valence-electron chi connectivity index (χ4n) is 4.12. The van der Waals surface area contributed by atoms with E-state index in [1.165, 1.54) is 16.5 Å². The molecule has 1 aliphatic heterocycles. The lowest BCUT2D eigenvalue weighted by Gasteiger charge is -2.35. The van der Waals surface area contributed by atoms with E-state index in [-0.39, 0.29) is 11.9 Å². The van der Waals surface area contributed by atoms with E-state index < -0.39 is 0 Å². The van der Waals surface area contributed by atoms with Gasteiger partial charge in [-0.3, -0.25) is 9.69 Å². The Hall–Kier alpha value is -2.79. The van der Waals surface area contributed by atoms with E-state index in [0.717, 1.165) is 37.4 Å². The minimum atomic E-state index is -0.147. The average Bonchev–Trinajstić information content (AvgIpc) is 3.18. The zero-order valence-electron chi connectivity index (χ0n) is 16.4. The number of carbonyl (C=O) groups excluding carboxylic acids is 1. The molecular formula is C23H27N3O2. The van der Waals surface area contributed by atoms with Crippen LogP contribution in [0.3, 0.4) is 0 Å². The highest BCUT2D eigenvalue weighted by molar-refractivity contribution is 5.94. The van der Waals surface area contributed by atoms with Crippen LogP contribution in [0.25, 0.3) is 10.9 Å². The van der Waals surface area contributed by atoms with Crippen molar-refractivity contribution in [2.45, 2.75) is 31.7 Å². The molecule has 2 heterocycles. The van der Waals surface area contributed by atoms with Gasteiger partial charge in [0.15, 0.2) is 0 Å². The molecule has 1 aliphatic rings. The van der Waals surface area contributed by atoms with Crippen molar-refractivity contribution in [3.05, 3.63) is 60.3 Å². The number of likely N-dealkylation sites (tertiary alicyclic amines) is 1. The number of H-pyrrole nitrogens is 1. The largest absolute Gasteiger partial charge is 0.497 e. The third kappa shape index (κ3) is 3.76. The number of ether oxygens (including phenoxy) is 1. The van der Waals surface area contributed by atoms with E-state index >= 15 is 0 Å². The van der Waals surface area contributed by atoms with Crippen LogP contribution >= 0.6 is 0 Å². The van der Waals surface area contributed by atoms with Gasteiger partial charge in [0.1, 0.15) is 5.75 Å². The molecule has 1 atom stereocenters. The van der Waals surface area contributed by atoms with Gasteiger partial charge in [0.05, 0.1) is 13.2 Å².